The van der Waals surface area contributed by atoms with Crippen LogP contribution in [0.5, 0.6) is 0 Å². The van der Waals surface area contributed by atoms with Gasteiger partial charge in [0.1, 0.15) is 18.4 Å². The number of alkyl halides is 1. The summed E-state index contributed by atoms with van der Waals surface area (Å²) in [6, 6.07) is 0. The van der Waals surface area contributed by atoms with Crippen LogP contribution in [0.1, 0.15) is 11.1 Å². The maximum atomic E-state index is 10.4. The zero-order valence-corrected chi connectivity index (χ0v) is 9.44. The van der Waals surface area contributed by atoms with Crippen molar-refractivity contribution < 1.29 is 4.79 Å². The Hall–Kier alpha value is -0.110. The molecule has 2 unspecified atom stereocenters. The van der Waals surface area contributed by atoms with Crippen LogP contribution >= 0.6 is 35.2 Å². The summed E-state index contributed by atoms with van der Waals surface area (Å²) in [6.45, 7) is 0. The SMILES string of the molecule is Cn1cnnc1C(S)C(I)C=O. The topological polar surface area (TPSA) is 47.8 Å². The third kappa shape index (κ3) is 1.98. The fraction of sp³-hybridized carbons (Fsp3) is 0.500. The number of thiol groups is 1. The second kappa shape index (κ2) is 4.22. The van der Waals surface area contributed by atoms with Gasteiger partial charge in [-0.05, 0) is 0 Å². The molecule has 1 heterocycles. The van der Waals surface area contributed by atoms with Gasteiger partial charge in [-0.2, -0.15) is 12.6 Å². The van der Waals surface area contributed by atoms with E-state index in [1.54, 1.807) is 10.9 Å². The number of hydrogen-bond acceptors (Lipinski definition) is 4. The number of hydrogen-bond donors (Lipinski definition) is 1. The lowest BCUT2D eigenvalue weighted by atomic mass is 10.3. The number of aromatic nitrogens is 3. The van der Waals surface area contributed by atoms with Crippen molar-refractivity contribution in [2.24, 2.45) is 7.05 Å². The minimum absolute atomic E-state index is 0.172. The summed E-state index contributed by atoms with van der Waals surface area (Å²) in [6.07, 6.45) is 2.44. The van der Waals surface area contributed by atoms with Crippen molar-refractivity contribution >= 4 is 41.5 Å². The number of aldehydes is 1. The molecular formula is C6H8IN3OS. The summed E-state index contributed by atoms with van der Waals surface area (Å²) in [5, 5.41) is 7.38. The number of aryl methyl sites for hydroxylation is 1. The highest BCUT2D eigenvalue weighted by Crippen LogP contribution is 2.25. The van der Waals surface area contributed by atoms with E-state index in [-0.39, 0.29) is 9.17 Å². The highest BCUT2D eigenvalue weighted by atomic mass is 127. The fourth-order valence-electron chi connectivity index (χ4n) is 0.777. The Balaban J connectivity index is 2.84. The molecule has 0 aliphatic rings. The van der Waals surface area contributed by atoms with E-state index in [4.69, 9.17) is 0 Å². The van der Waals surface area contributed by atoms with Crippen molar-refractivity contribution in [1.29, 1.82) is 0 Å². The molecular weight excluding hydrogens is 289 g/mol. The zero-order valence-electron chi connectivity index (χ0n) is 6.38. The average molecular weight is 297 g/mol. The van der Waals surface area contributed by atoms with Crippen LogP contribution in [0.25, 0.3) is 0 Å². The molecule has 1 aromatic rings. The molecule has 0 aliphatic heterocycles. The molecule has 66 valence electrons. The minimum Gasteiger partial charge on any atom is -0.320 e. The molecule has 1 aromatic heterocycles. The molecule has 4 nitrogen and oxygen atoms in total. The predicted octanol–water partition coefficient (Wildman–Crippen LogP) is 0.788. The van der Waals surface area contributed by atoms with Crippen LogP contribution in [-0.2, 0) is 11.8 Å². The maximum absolute atomic E-state index is 10.4. The average Bonchev–Trinajstić information content (AvgIpc) is 2.48. The maximum Gasteiger partial charge on any atom is 0.146 e. The van der Waals surface area contributed by atoms with Crippen molar-refractivity contribution in [3.05, 3.63) is 12.2 Å². The molecule has 0 saturated carbocycles. The quantitative estimate of drug-likeness (QED) is 0.388. The van der Waals surface area contributed by atoms with Gasteiger partial charge in [-0.1, -0.05) is 22.6 Å². The molecule has 6 heteroatoms. The molecule has 0 bridgehead atoms. The number of carbonyl (C=O) groups excluding carboxylic acids is 1. The van der Waals surface area contributed by atoms with Gasteiger partial charge in [-0.3, -0.25) is 0 Å². The third-order valence-corrected chi connectivity index (χ3v) is 3.58. The molecule has 0 fully saturated rings. The lowest BCUT2D eigenvalue weighted by Crippen LogP contribution is -2.12. The van der Waals surface area contributed by atoms with Gasteiger partial charge < -0.3 is 9.36 Å². The number of rotatable bonds is 3. The van der Waals surface area contributed by atoms with Crippen molar-refractivity contribution in [1.82, 2.24) is 14.8 Å². The van der Waals surface area contributed by atoms with Crippen molar-refractivity contribution in [3.8, 4) is 0 Å². The van der Waals surface area contributed by atoms with Crippen LogP contribution in [0, 0.1) is 0 Å². The van der Waals surface area contributed by atoms with E-state index in [9.17, 15) is 4.79 Å². The smallest absolute Gasteiger partial charge is 0.146 e. The van der Waals surface area contributed by atoms with Gasteiger partial charge in [0, 0.05) is 7.05 Å². The van der Waals surface area contributed by atoms with Crippen molar-refractivity contribution in [3.63, 3.8) is 0 Å². The number of carbonyl (C=O) groups is 1. The Morgan fingerprint density at radius 2 is 2.50 bits per heavy atom. The normalized spacial score (nSPS) is 15.6. The fourth-order valence-corrected chi connectivity index (χ4v) is 1.40. The zero-order chi connectivity index (χ0) is 9.14. The van der Waals surface area contributed by atoms with E-state index in [2.05, 4.69) is 22.8 Å². The van der Waals surface area contributed by atoms with Crippen LogP contribution in [0.15, 0.2) is 6.33 Å². The Labute approximate surface area is 89.3 Å². The van der Waals surface area contributed by atoms with Crippen LogP contribution in [0.4, 0.5) is 0 Å². The summed E-state index contributed by atoms with van der Waals surface area (Å²) >= 11 is 6.29. The Morgan fingerprint density at radius 1 is 1.83 bits per heavy atom. The second-order valence-electron chi connectivity index (χ2n) is 2.33. The number of halogens is 1. The lowest BCUT2D eigenvalue weighted by molar-refractivity contribution is -0.107. The summed E-state index contributed by atoms with van der Waals surface area (Å²) in [4.78, 5) is 10.4. The van der Waals surface area contributed by atoms with E-state index in [1.807, 2.05) is 29.6 Å². The molecule has 0 radical (unpaired) electrons. The second-order valence-corrected chi connectivity index (χ2v) is 4.32. The summed E-state index contributed by atoms with van der Waals surface area (Å²) in [7, 11) is 1.83. The van der Waals surface area contributed by atoms with Crippen molar-refractivity contribution in [2.45, 2.75) is 9.17 Å². The van der Waals surface area contributed by atoms with E-state index in [0.717, 1.165) is 6.29 Å². The van der Waals surface area contributed by atoms with Gasteiger partial charge in [-0.25, -0.2) is 0 Å². The largest absolute Gasteiger partial charge is 0.320 e. The van der Waals surface area contributed by atoms with E-state index < -0.39 is 0 Å². The monoisotopic (exact) mass is 297 g/mol. The molecule has 0 amide bonds. The summed E-state index contributed by atoms with van der Waals surface area (Å²) < 4.78 is 1.58. The first-order valence-electron chi connectivity index (χ1n) is 3.28. The summed E-state index contributed by atoms with van der Waals surface area (Å²) in [5.74, 6) is 0.713. The van der Waals surface area contributed by atoms with Crippen LogP contribution in [0.2, 0.25) is 0 Å². The molecule has 0 saturated heterocycles. The molecule has 12 heavy (non-hydrogen) atoms. The van der Waals surface area contributed by atoms with Gasteiger partial charge in [0.2, 0.25) is 0 Å². The summed E-state index contributed by atoms with van der Waals surface area (Å²) in [5.41, 5.74) is 0. The molecule has 0 N–H and O–H groups in total. The minimum atomic E-state index is -0.185. The van der Waals surface area contributed by atoms with Gasteiger partial charge in [-0.15, -0.1) is 10.2 Å². The Bertz CT molecular complexity index is 278. The van der Waals surface area contributed by atoms with Gasteiger partial charge in [0.15, 0.2) is 0 Å². The first kappa shape index (κ1) is 9.97. The molecule has 0 aromatic carbocycles. The molecule has 2 atom stereocenters. The standard InChI is InChI=1S/C6H8IN3OS/c1-10-3-8-9-6(10)5(12)4(7)2-11/h2-5,12H,1H3. The first-order chi connectivity index (χ1) is 5.66. The highest BCUT2D eigenvalue weighted by molar-refractivity contribution is 14.1. The van der Waals surface area contributed by atoms with E-state index in [1.165, 1.54) is 0 Å². The predicted molar refractivity (Wildman–Crippen MR) is 56.6 cm³/mol. The van der Waals surface area contributed by atoms with Crippen LogP contribution < -0.4 is 0 Å². The van der Waals surface area contributed by atoms with E-state index >= 15 is 0 Å². The van der Waals surface area contributed by atoms with Crippen LogP contribution in [0.3, 0.4) is 0 Å². The lowest BCUT2D eigenvalue weighted by Gasteiger charge is -2.10. The van der Waals surface area contributed by atoms with Gasteiger partial charge in [0.05, 0.1) is 9.17 Å². The Kier molecular flexibility index (Phi) is 3.51. The van der Waals surface area contributed by atoms with E-state index in [0.29, 0.717) is 5.82 Å². The highest BCUT2D eigenvalue weighted by Gasteiger charge is 2.20. The third-order valence-electron chi connectivity index (χ3n) is 1.44. The molecule has 1 rings (SSSR count). The van der Waals surface area contributed by atoms with Crippen LogP contribution in [-0.4, -0.2) is 25.0 Å². The van der Waals surface area contributed by atoms with Crippen molar-refractivity contribution in [2.75, 3.05) is 0 Å². The van der Waals surface area contributed by atoms with Gasteiger partial charge in [0.25, 0.3) is 0 Å². The van der Waals surface area contributed by atoms with Gasteiger partial charge >= 0.3 is 0 Å². The first-order valence-corrected chi connectivity index (χ1v) is 5.04. The number of nitrogens with zero attached hydrogens (tertiary/aromatic N) is 3. The molecule has 0 spiro atoms. The Morgan fingerprint density at radius 3 is 2.92 bits per heavy atom. The molecule has 0 aliphatic carbocycles.